The number of fused-ring (bicyclic) bond motifs is 3. The first-order valence-electron chi connectivity index (χ1n) is 7.98. The summed E-state index contributed by atoms with van der Waals surface area (Å²) in [5.74, 6) is 0.320. The number of esters is 1. The van der Waals surface area contributed by atoms with Crippen molar-refractivity contribution in [1.29, 1.82) is 0 Å². The molecule has 0 fully saturated rings. The average Bonchev–Trinajstić information content (AvgIpc) is 3.09. The van der Waals surface area contributed by atoms with Crippen molar-refractivity contribution in [2.24, 2.45) is 7.05 Å². The van der Waals surface area contributed by atoms with Crippen LogP contribution in [0, 0.1) is 6.92 Å². The van der Waals surface area contributed by atoms with Crippen LogP contribution in [0.15, 0.2) is 47.4 Å². The second-order valence-electron chi connectivity index (χ2n) is 5.90. The zero-order chi connectivity index (χ0) is 18.3. The summed E-state index contributed by atoms with van der Waals surface area (Å²) in [6.07, 6.45) is 1.47. The number of nitrogens with zero attached hydrogens (tertiary/aromatic N) is 5. The minimum atomic E-state index is -0.497. The third-order valence-corrected chi connectivity index (χ3v) is 4.17. The highest BCUT2D eigenvalue weighted by atomic mass is 16.5. The highest BCUT2D eigenvalue weighted by Crippen LogP contribution is 2.15. The van der Waals surface area contributed by atoms with E-state index in [1.54, 1.807) is 35.7 Å². The summed E-state index contributed by atoms with van der Waals surface area (Å²) in [7, 11) is 1.63. The highest BCUT2D eigenvalue weighted by molar-refractivity contribution is 5.89. The van der Waals surface area contributed by atoms with Gasteiger partial charge in [0, 0.05) is 18.9 Å². The number of carbonyl (C=O) groups is 1. The summed E-state index contributed by atoms with van der Waals surface area (Å²) in [5, 5.41) is 8.69. The molecule has 0 aliphatic heterocycles. The first-order chi connectivity index (χ1) is 12.6. The number of aromatic nitrogens is 5. The number of benzene rings is 1. The lowest BCUT2D eigenvalue weighted by Crippen LogP contribution is -2.20. The monoisotopic (exact) mass is 349 g/mol. The fourth-order valence-electron chi connectivity index (χ4n) is 2.79. The number of pyridine rings is 1. The van der Waals surface area contributed by atoms with Crippen LogP contribution in [0.25, 0.3) is 16.7 Å². The molecule has 1 aromatic carbocycles. The number of para-hydroxylation sites is 1. The van der Waals surface area contributed by atoms with Gasteiger partial charge in [-0.15, -0.1) is 10.2 Å². The van der Waals surface area contributed by atoms with Crippen molar-refractivity contribution in [3.8, 4) is 0 Å². The summed E-state index contributed by atoms with van der Waals surface area (Å²) < 4.78 is 8.49. The van der Waals surface area contributed by atoms with Crippen molar-refractivity contribution >= 4 is 22.6 Å². The molecule has 8 nitrogen and oxygen atoms in total. The number of aryl methyl sites for hydroxylation is 2. The van der Waals surface area contributed by atoms with Gasteiger partial charge < -0.3 is 4.74 Å². The average molecular weight is 349 g/mol. The SMILES string of the molecule is Cc1ccc(C(=O)OCc2nnc3n(C)c(=O)c4ccccc4n23)cn1. The zero-order valence-electron chi connectivity index (χ0n) is 14.2. The van der Waals surface area contributed by atoms with Crippen LogP contribution >= 0.6 is 0 Å². The molecule has 0 atom stereocenters. The fraction of sp³-hybridized carbons (Fsp3) is 0.167. The summed E-state index contributed by atoms with van der Waals surface area (Å²) in [6.45, 7) is 1.77. The molecule has 0 unspecified atom stereocenters. The second-order valence-corrected chi connectivity index (χ2v) is 5.90. The molecule has 0 spiro atoms. The minimum Gasteiger partial charge on any atom is -0.454 e. The molecular weight excluding hydrogens is 334 g/mol. The Morgan fingerprint density at radius 2 is 1.96 bits per heavy atom. The van der Waals surface area contributed by atoms with Crippen LogP contribution in [-0.4, -0.2) is 30.1 Å². The number of hydrogen-bond acceptors (Lipinski definition) is 6. The lowest BCUT2D eigenvalue weighted by Gasteiger charge is -2.08. The Bertz CT molecular complexity index is 1190. The van der Waals surface area contributed by atoms with E-state index in [4.69, 9.17) is 4.74 Å². The smallest absolute Gasteiger partial charge is 0.340 e. The van der Waals surface area contributed by atoms with Crippen molar-refractivity contribution in [3.63, 3.8) is 0 Å². The normalized spacial score (nSPS) is 11.2. The van der Waals surface area contributed by atoms with Gasteiger partial charge in [-0.1, -0.05) is 12.1 Å². The maximum atomic E-state index is 12.4. The summed E-state index contributed by atoms with van der Waals surface area (Å²) in [4.78, 5) is 28.7. The number of ether oxygens (including phenoxy) is 1. The predicted octanol–water partition coefficient (Wildman–Crippen LogP) is 1.64. The standard InChI is InChI=1S/C18H15N5O3/c1-11-7-8-12(9-19-11)17(25)26-10-15-20-21-18-22(2)16(24)13-5-3-4-6-14(13)23(15)18/h3-9H,10H2,1-2H3. The van der Waals surface area contributed by atoms with E-state index < -0.39 is 5.97 Å². The fourth-order valence-corrected chi connectivity index (χ4v) is 2.79. The Balaban J connectivity index is 1.72. The van der Waals surface area contributed by atoms with E-state index in [0.717, 1.165) is 5.69 Å². The van der Waals surface area contributed by atoms with Gasteiger partial charge in [-0.2, -0.15) is 0 Å². The van der Waals surface area contributed by atoms with Gasteiger partial charge in [-0.05, 0) is 31.2 Å². The van der Waals surface area contributed by atoms with E-state index in [-0.39, 0.29) is 12.2 Å². The largest absolute Gasteiger partial charge is 0.454 e. The van der Waals surface area contributed by atoms with E-state index in [1.807, 2.05) is 19.1 Å². The number of carbonyl (C=O) groups excluding carboxylic acids is 1. The molecule has 130 valence electrons. The third-order valence-electron chi connectivity index (χ3n) is 4.17. The van der Waals surface area contributed by atoms with Crippen molar-refractivity contribution < 1.29 is 9.53 Å². The molecule has 0 aliphatic carbocycles. The van der Waals surface area contributed by atoms with Gasteiger partial charge >= 0.3 is 5.97 Å². The van der Waals surface area contributed by atoms with Crippen LogP contribution in [0.1, 0.15) is 21.9 Å². The Morgan fingerprint density at radius 3 is 2.73 bits per heavy atom. The quantitative estimate of drug-likeness (QED) is 0.522. The van der Waals surface area contributed by atoms with E-state index in [0.29, 0.717) is 28.1 Å². The molecular formula is C18H15N5O3. The Kier molecular flexibility index (Phi) is 3.72. The van der Waals surface area contributed by atoms with Crippen LogP contribution in [0.2, 0.25) is 0 Å². The number of rotatable bonds is 3. The number of hydrogen-bond donors (Lipinski definition) is 0. The third kappa shape index (κ3) is 2.52. The molecule has 3 heterocycles. The molecule has 3 aromatic heterocycles. The molecule has 0 bridgehead atoms. The maximum Gasteiger partial charge on any atom is 0.340 e. The predicted molar refractivity (Wildman–Crippen MR) is 93.8 cm³/mol. The molecule has 4 rings (SSSR count). The van der Waals surface area contributed by atoms with Gasteiger partial charge in [0.25, 0.3) is 5.56 Å². The minimum absolute atomic E-state index is 0.0733. The van der Waals surface area contributed by atoms with Crippen molar-refractivity contribution in [2.75, 3.05) is 0 Å². The second kappa shape index (κ2) is 6.07. The van der Waals surface area contributed by atoms with Crippen LogP contribution in [-0.2, 0) is 18.4 Å². The molecule has 0 aliphatic rings. The van der Waals surface area contributed by atoms with Gasteiger partial charge in [-0.25, -0.2) is 4.79 Å². The van der Waals surface area contributed by atoms with E-state index in [9.17, 15) is 9.59 Å². The van der Waals surface area contributed by atoms with Crippen molar-refractivity contribution in [1.82, 2.24) is 24.1 Å². The van der Waals surface area contributed by atoms with Gasteiger partial charge in [0.2, 0.25) is 5.78 Å². The summed E-state index contributed by atoms with van der Waals surface area (Å²) in [6, 6.07) is 10.6. The van der Waals surface area contributed by atoms with Crippen LogP contribution in [0.5, 0.6) is 0 Å². The van der Waals surface area contributed by atoms with Crippen molar-refractivity contribution in [2.45, 2.75) is 13.5 Å². The molecule has 0 radical (unpaired) electrons. The molecule has 0 saturated heterocycles. The van der Waals surface area contributed by atoms with E-state index in [1.165, 1.54) is 10.8 Å². The van der Waals surface area contributed by atoms with Gasteiger partial charge in [0.1, 0.15) is 0 Å². The molecule has 0 amide bonds. The first-order valence-corrected chi connectivity index (χ1v) is 7.98. The molecule has 0 N–H and O–H groups in total. The van der Waals surface area contributed by atoms with Gasteiger partial charge in [0.05, 0.1) is 16.5 Å². The van der Waals surface area contributed by atoms with Crippen molar-refractivity contribution in [3.05, 3.63) is 70.0 Å². The Labute approximate surface area is 147 Å². The maximum absolute atomic E-state index is 12.4. The van der Waals surface area contributed by atoms with E-state index >= 15 is 0 Å². The topological polar surface area (TPSA) is 91.4 Å². The Hall–Kier alpha value is -3.55. The molecule has 0 saturated carbocycles. The summed E-state index contributed by atoms with van der Waals surface area (Å²) >= 11 is 0. The zero-order valence-corrected chi connectivity index (χ0v) is 14.2. The lowest BCUT2D eigenvalue weighted by molar-refractivity contribution is 0.0461. The van der Waals surface area contributed by atoms with Crippen LogP contribution in [0.4, 0.5) is 0 Å². The highest BCUT2D eigenvalue weighted by Gasteiger charge is 2.16. The Morgan fingerprint density at radius 1 is 1.15 bits per heavy atom. The lowest BCUT2D eigenvalue weighted by atomic mass is 10.2. The molecule has 8 heteroatoms. The molecule has 4 aromatic rings. The molecule has 26 heavy (non-hydrogen) atoms. The van der Waals surface area contributed by atoms with Gasteiger partial charge in [-0.3, -0.25) is 18.7 Å². The first kappa shape index (κ1) is 15.9. The van der Waals surface area contributed by atoms with Crippen LogP contribution < -0.4 is 5.56 Å². The summed E-state index contributed by atoms with van der Waals surface area (Å²) in [5.41, 5.74) is 1.69. The van der Waals surface area contributed by atoms with Gasteiger partial charge in [0.15, 0.2) is 12.4 Å². The van der Waals surface area contributed by atoms with Crippen LogP contribution in [0.3, 0.4) is 0 Å². The van der Waals surface area contributed by atoms with E-state index in [2.05, 4.69) is 15.2 Å².